The normalized spacial score (nSPS) is 22.3. The average molecular weight is 552 g/mol. The van der Waals surface area contributed by atoms with Crippen LogP contribution in [-0.4, -0.2) is 39.6 Å². The maximum absolute atomic E-state index is 12.3. The van der Waals surface area contributed by atoms with E-state index < -0.39 is 24.1 Å². The fourth-order valence-corrected chi connectivity index (χ4v) is 5.22. The van der Waals surface area contributed by atoms with Gasteiger partial charge >= 0.3 is 0 Å². The van der Waals surface area contributed by atoms with Crippen molar-refractivity contribution >= 4 is 11.2 Å². The summed E-state index contributed by atoms with van der Waals surface area (Å²) in [7, 11) is 0. The fraction of sp³-hybridized carbons (Fsp3) is 0.242. The summed E-state index contributed by atoms with van der Waals surface area (Å²) in [5, 5.41) is 16.8. The zero-order chi connectivity index (χ0) is 28.1. The first kappa shape index (κ1) is 27.1. The lowest BCUT2D eigenvalue weighted by molar-refractivity contribution is -0.255. The third-order valence-corrected chi connectivity index (χ3v) is 7.29. The molecule has 41 heavy (non-hydrogen) atoms. The highest BCUT2D eigenvalue weighted by atomic mass is 16.7. The zero-order valence-electron chi connectivity index (χ0n) is 22.6. The highest BCUT2D eigenvalue weighted by Crippen LogP contribution is 2.42. The number of nitrogens with zero attached hydrogens (tertiary/aromatic N) is 2. The van der Waals surface area contributed by atoms with E-state index in [0.29, 0.717) is 30.1 Å². The molecule has 3 N–H and O–H groups in total. The van der Waals surface area contributed by atoms with Gasteiger partial charge in [0.05, 0.1) is 37.6 Å². The quantitative estimate of drug-likeness (QED) is 0.242. The van der Waals surface area contributed by atoms with Gasteiger partial charge in [0.15, 0.2) is 0 Å². The number of rotatable bonds is 11. The highest BCUT2D eigenvalue weighted by molar-refractivity contribution is 5.69. The van der Waals surface area contributed by atoms with E-state index in [0.717, 1.165) is 16.7 Å². The highest BCUT2D eigenvalue weighted by Gasteiger charge is 2.58. The Balaban J connectivity index is 1.33. The molecule has 2 aromatic heterocycles. The molecule has 3 aromatic carbocycles. The Morgan fingerprint density at radius 3 is 1.98 bits per heavy atom. The predicted octanol–water partition coefficient (Wildman–Crippen LogP) is 4.85. The van der Waals surface area contributed by atoms with Crippen LogP contribution in [0.4, 0.5) is 5.69 Å². The lowest BCUT2D eigenvalue weighted by atomic mass is 10.0. The van der Waals surface area contributed by atoms with Crippen molar-refractivity contribution in [3.8, 4) is 0 Å². The standard InChI is InChI=1S/C33H33N3O5/c34-27-18-19-35-36-28(27)16-17-30(36)33(37)32(40-22-26-14-8-3-9-15-26)31(39-21-25-12-6-2-7-13-25)29(41-33)23-38-20-24-10-4-1-5-11-24/h1-19,29,31-32,37H,20-23,34H2/t29-,31-,32-,33?/m1/s1. The van der Waals surface area contributed by atoms with Crippen LogP contribution in [0.1, 0.15) is 22.4 Å². The van der Waals surface area contributed by atoms with Crippen LogP contribution in [0.2, 0.25) is 0 Å². The van der Waals surface area contributed by atoms with Gasteiger partial charge in [-0.15, -0.1) is 0 Å². The predicted molar refractivity (Wildman–Crippen MR) is 155 cm³/mol. The number of fused-ring (bicyclic) bond motifs is 1. The lowest BCUT2D eigenvalue weighted by Crippen LogP contribution is -2.45. The number of nitrogen functional groups attached to an aromatic ring is 1. The van der Waals surface area contributed by atoms with Crippen LogP contribution in [-0.2, 0) is 44.6 Å². The van der Waals surface area contributed by atoms with Gasteiger partial charge in [0.2, 0.25) is 5.79 Å². The van der Waals surface area contributed by atoms with Gasteiger partial charge in [0.25, 0.3) is 0 Å². The first-order valence-electron chi connectivity index (χ1n) is 13.7. The van der Waals surface area contributed by atoms with Gasteiger partial charge < -0.3 is 29.8 Å². The van der Waals surface area contributed by atoms with Crippen LogP contribution in [0.15, 0.2) is 115 Å². The molecule has 1 fully saturated rings. The minimum atomic E-state index is -1.90. The van der Waals surface area contributed by atoms with Gasteiger partial charge in [0.1, 0.15) is 24.0 Å². The monoisotopic (exact) mass is 551 g/mol. The summed E-state index contributed by atoms with van der Waals surface area (Å²) in [5.74, 6) is -1.90. The van der Waals surface area contributed by atoms with E-state index >= 15 is 0 Å². The molecule has 5 aromatic rings. The SMILES string of the molecule is Nc1ccnn2c(C3(O)O[C@H](COCc4ccccc4)[C@@H](OCc4ccccc4)[C@H]3OCc3ccccc3)ccc12. The van der Waals surface area contributed by atoms with Gasteiger partial charge in [-0.2, -0.15) is 5.10 Å². The van der Waals surface area contributed by atoms with Gasteiger partial charge in [-0.1, -0.05) is 91.0 Å². The van der Waals surface area contributed by atoms with Crippen molar-refractivity contribution in [1.29, 1.82) is 0 Å². The van der Waals surface area contributed by atoms with Gasteiger partial charge in [0, 0.05) is 6.20 Å². The minimum Gasteiger partial charge on any atom is -0.397 e. The Kier molecular flexibility index (Phi) is 8.09. The Labute approximate surface area is 238 Å². The number of nitrogens with two attached hydrogens (primary N) is 1. The number of ether oxygens (including phenoxy) is 4. The van der Waals surface area contributed by atoms with Gasteiger partial charge in [-0.05, 0) is 34.9 Å². The van der Waals surface area contributed by atoms with E-state index in [2.05, 4.69) is 5.10 Å². The molecule has 3 heterocycles. The summed E-state index contributed by atoms with van der Waals surface area (Å²) >= 11 is 0. The van der Waals surface area contributed by atoms with Crippen molar-refractivity contribution in [3.63, 3.8) is 0 Å². The molecule has 1 aliphatic heterocycles. The Morgan fingerprint density at radius 1 is 0.756 bits per heavy atom. The van der Waals surface area contributed by atoms with Crippen LogP contribution in [0.25, 0.3) is 5.52 Å². The number of hydrogen-bond acceptors (Lipinski definition) is 7. The summed E-state index contributed by atoms with van der Waals surface area (Å²) in [6, 6.07) is 34.9. The van der Waals surface area contributed by atoms with Gasteiger partial charge in [-0.25, -0.2) is 4.52 Å². The molecule has 210 valence electrons. The molecule has 1 unspecified atom stereocenters. The van der Waals surface area contributed by atoms with E-state index in [1.54, 1.807) is 22.8 Å². The third-order valence-electron chi connectivity index (χ3n) is 7.29. The van der Waals surface area contributed by atoms with Crippen LogP contribution in [0.5, 0.6) is 0 Å². The molecular formula is C33H33N3O5. The number of anilines is 1. The summed E-state index contributed by atoms with van der Waals surface area (Å²) < 4.78 is 27.1. The molecule has 1 aliphatic rings. The van der Waals surface area contributed by atoms with Crippen molar-refractivity contribution in [2.45, 2.75) is 43.9 Å². The van der Waals surface area contributed by atoms with E-state index in [1.165, 1.54) is 0 Å². The second kappa shape index (κ2) is 12.2. The van der Waals surface area contributed by atoms with Crippen LogP contribution in [0, 0.1) is 0 Å². The first-order chi connectivity index (χ1) is 20.1. The zero-order valence-corrected chi connectivity index (χ0v) is 22.6. The Bertz CT molecular complexity index is 1550. The van der Waals surface area contributed by atoms with E-state index in [-0.39, 0.29) is 13.2 Å². The minimum absolute atomic E-state index is 0.181. The molecule has 8 nitrogen and oxygen atoms in total. The largest absolute Gasteiger partial charge is 0.397 e. The van der Waals surface area contributed by atoms with E-state index in [4.69, 9.17) is 24.7 Å². The second-order valence-corrected chi connectivity index (χ2v) is 10.1. The number of benzene rings is 3. The van der Waals surface area contributed by atoms with E-state index in [1.807, 2.05) is 97.1 Å². The molecule has 0 amide bonds. The molecule has 8 heteroatoms. The summed E-state index contributed by atoms with van der Waals surface area (Å²) in [5.41, 5.74) is 10.8. The maximum Gasteiger partial charge on any atom is 0.240 e. The maximum atomic E-state index is 12.3. The summed E-state index contributed by atoms with van der Waals surface area (Å²) in [4.78, 5) is 0. The van der Waals surface area contributed by atoms with E-state index in [9.17, 15) is 5.11 Å². The average Bonchev–Trinajstić information content (AvgIpc) is 3.57. The third kappa shape index (κ3) is 5.88. The lowest BCUT2D eigenvalue weighted by Gasteiger charge is -2.30. The molecule has 1 saturated heterocycles. The number of aromatic nitrogens is 2. The van der Waals surface area contributed by atoms with Crippen molar-refractivity contribution in [1.82, 2.24) is 9.61 Å². The second-order valence-electron chi connectivity index (χ2n) is 10.1. The van der Waals surface area contributed by atoms with Crippen LogP contribution < -0.4 is 5.73 Å². The van der Waals surface area contributed by atoms with Crippen LogP contribution in [0.3, 0.4) is 0 Å². The van der Waals surface area contributed by atoms with Gasteiger partial charge in [-0.3, -0.25) is 0 Å². The van der Waals surface area contributed by atoms with Crippen LogP contribution >= 0.6 is 0 Å². The topological polar surface area (TPSA) is 100 Å². The molecule has 0 aliphatic carbocycles. The fourth-order valence-electron chi connectivity index (χ4n) is 5.22. The first-order valence-corrected chi connectivity index (χ1v) is 13.7. The molecule has 0 radical (unpaired) electrons. The molecule has 0 spiro atoms. The smallest absolute Gasteiger partial charge is 0.240 e. The van der Waals surface area contributed by atoms with Crippen molar-refractivity contribution in [2.24, 2.45) is 0 Å². The molecule has 0 saturated carbocycles. The number of hydrogen-bond donors (Lipinski definition) is 2. The van der Waals surface area contributed by atoms with Crippen molar-refractivity contribution in [2.75, 3.05) is 12.3 Å². The van der Waals surface area contributed by atoms with Crippen molar-refractivity contribution < 1.29 is 24.1 Å². The summed E-state index contributed by atoms with van der Waals surface area (Å²) in [6.07, 6.45) is -0.613. The van der Waals surface area contributed by atoms with Crippen molar-refractivity contribution in [3.05, 3.63) is 138 Å². The molecule has 0 bridgehead atoms. The summed E-state index contributed by atoms with van der Waals surface area (Å²) in [6.45, 7) is 1.14. The molecule has 4 atom stereocenters. The number of aliphatic hydroxyl groups is 1. The Hall–Kier alpha value is -4.05. The molecular weight excluding hydrogens is 518 g/mol. The molecule has 6 rings (SSSR count). The Morgan fingerprint density at radius 2 is 1.34 bits per heavy atom.